The molecule has 0 aliphatic heterocycles. The topological polar surface area (TPSA) is 75.5 Å². The summed E-state index contributed by atoms with van der Waals surface area (Å²) in [5.74, 6) is -0.456. The fourth-order valence-corrected chi connectivity index (χ4v) is 3.22. The van der Waals surface area contributed by atoms with E-state index in [4.69, 9.17) is 0 Å². The van der Waals surface area contributed by atoms with Crippen molar-refractivity contribution in [2.45, 2.75) is 27.2 Å². The number of benzene rings is 2. The number of carbonyl (C=O) groups is 2. The van der Waals surface area contributed by atoms with Crippen LogP contribution in [0, 0.1) is 20.8 Å². The van der Waals surface area contributed by atoms with Gasteiger partial charge in [0.2, 0.25) is 5.91 Å². The van der Waals surface area contributed by atoms with E-state index in [-0.39, 0.29) is 24.8 Å². The molecule has 0 bridgehead atoms. The highest BCUT2D eigenvalue weighted by Crippen LogP contribution is 2.20. The molecule has 30 heavy (non-hydrogen) atoms. The lowest BCUT2D eigenvalue weighted by Crippen LogP contribution is -2.28. The lowest BCUT2D eigenvalue weighted by molar-refractivity contribution is -0.120. The molecule has 3 rings (SSSR count). The Balaban J connectivity index is 1.53. The molecule has 0 saturated carbocycles. The van der Waals surface area contributed by atoms with E-state index in [9.17, 15) is 9.59 Å². The molecule has 6 nitrogen and oxygen atoms in total. The molecule has 0 atom stereocenters. The fourth-order valence-electron chi connectivity index (χ4n) is 3.22. The largest absolute Gasteiger partial charge is 0.352 e. The molecular formula is C24H26N4O2. The first-order valence-corrected chi connectivity index (χ1v) is 9.87. The summed E-state index contributed by atoms with van der Waals surface area (Å²) in [5, 5.41) is 6.79. The second-order valence-electron chi connectivity index (χ2n) is 7.16. The Morgan fingerprint density at radius 1 is 1.00 bits per heavy atom. The third-order valence-electron chi connectivity index (χ3n) is 4.83. The van der Waals surface area contributed by atoms with Crippen LogP contribution in [0.15, 0.2) is 65.8 Å². The summed E-state index contributed by atoms with van der Waals surface area (Å²) in [7, 11) is 0. The zero-order valence-corrected chi connectivity index (χ0v) is 17.5. The molecule has 2 aromatic carbocycles. The maximum atomic E-state index is 12.0. The number of aryl methyl sites for hydroxylation is 2. The maximum absolute atomic E-state index is 12.0. The van der Waals surface area contributed by atoms with Crippen LogP contribution in [-0.4, -0.2) is 29.1 Å². The summed E-state index contributed by atoms with van der Waals surface area (Å²) < 4.78 is 2.15. The molecule has 0 unspecified atom stereocenters. The van der Waals surface area contributed by atoms with Gasteiger partial charge in [-0.25, -0.2) is 5.43 Å². The van der Waals surface area contributed by atoms with E-state index in [1.54, 1.807) is 30.5 Å². The van der Waals surface area contributed by atoms with Crippen molar-refractivity contribution in [3.63, 3.8) is 0 Å². The highest BCUT2D eigenvalue weighted by atomic mass is 16.2. The van der Waals surface area contributed by atoms with Gasteiger partial charge in [-0.15, -0.1) is 0 Å². The second kappa shape index (κ2) is 9.69. The molecule has 0 saturated heterocycles. The molecule has 1 heterocycles. The van der Waals surface area contributed by atoms with Gasteiger partial charge >= 0.3 is 0 Å². The Labute approximate surface area is 176 Å². The maximum Gasteiger partial charge on any atom is 0.251 e. The summed E-state index contributed by atoms with van der Waals surface area (Å²) >= 11 is 0. The summed E-state index contributed by atoms with van der Waals surface area (Å²) in [4.78, 5) is 23.9. The van der Waals surface area contributed by atoms with E-state index >= 15 is 0 Å². The minimum absolute atomic E-state index is 0.151. The SMILES string of the molecule is Cc1ccc(-n2c(C)cc(/C=N\NC(=O)CCNC(=O)c3ccccc3)c2C)cc1. The van der Waals surface area contributed by atoms with Crippen molar-refractivity contribution in [3.05, 3.63) is 88.7 Å². The van der Waals surface area contributed by atoms with Gasteiger partial charge < -0.3 is 9.88 Å². The van der Waals surface area contributed by atoms with E-state index in [0.717, 1.165) is 22.6 Å². The van der Waals surface area contributed by atoms with Crippen LogP contribution in [0.4, 0.5) is 0 Å². The molecule has 0 aliphatic rings. The van der Waals surface area contributed by atoms with Crippen molar-refractivity contribution in [3.8, 4) is 5.69 Å². The third-order valence-corrected chi connectivity index (χ3v) is 4.83. The second-order valence-corrected chi connectivity index (χ2v) is 7.16. The van der Waals surface area contributed by atoms with Gasteiger partial charge in [-0.2, -0.15) is 5.10 Å². The molecule has 3 aromatic rings. The van der Waals surface area contributed by atoms with Crippen molar-refractivity contribution in [2.24, 2.45) is 5.10 Å². The van der Waals surface area contributed by atoms with E-state index < -0.39 is 0 Å². The Morgan fingerprint density at radius 2 is 1.70 bits per heavy atom. The van der Waals surface area contributed by atoms with E-state index in [0.29, 0.717) is 5.56 Å². The molecule has 2 N–H and O–H groups in total. The van der Waals surface area contributed by atoms with Gasteiger partial charge in [0, 0.05) is 41.2 Å². The molecule has 0 spiro atoms. The molecule has 0 fully saturated rings. The van der Waals surface area contributed by atoms with E-state index in [1.807, 2.05) is 26.0 Å². The minimum atomic E-state index is -0.257. The van der Waals surface area contributed by atoms with Gasteiger partial charge in [-0.3, -0.25) is 9.59 Å². The summed E-state index contributed by atoms with van der Waals surface area (Å²) in [6, 6.07) is 19.3. The average molecular weight is 402 g/mol. The molecule has 2 amide bonds. The standard InChI is InChI=1S/C24H26N4O2/c1-17-9-11-22(12-10-17)28-18(2)15-21(19(28)3)16-26-27-23(29)13-14-25-24(30)20-7-5-4-6-8-20/h4-12,15-16H,13-14H2,1-3H3,(H,25,30)(H,27,29)/b26-16-. The lowest BCUT2D eigenvalue weighted by Gasteiger charge is -2.09. The van der Waals surface area contributed by atoms with Gasteiger partial charge in [0.25, 0.3) is 5.91 Å². The number of carbonyl (C=O) groups excluding carboxylic acids is 2. The molecular weight excluding hydrogens is 376 g/mol. The molecule has 1 aromatic heterocycles. The van der Waals surface area contributed by atoms with Crippen molar-refractivity contribution in [1.82, 2.24) is 15.3 Å². The predicted octanol–water partition coefficient (Wildman–Crippen LogP) is 3.67. The van der Waals surface area contributed by atoms with Gasteiger partial charge in [0.05, 0.1) is 6.21 Å². The Morgan fingerprint density at radius 3 is 2.40 bits per heavy atom. The summed E-state index contributed by atoms with van der Waals surface area (Å²) in [5.41, 5.74) is 8.46. The highest BCUT2D eigenvalue weighted by Gasteiger charge is 2.10. The number of nitrogens with zero attached hydrogens (tertiary/aromatic N) is 2. The quantitative estimate of drug-likeness (QED) is 0.467. The first kappa shape index (κ1) is 21.0. The Hall–Kier alpha value is -3.67. The Bertz CT molecular complexity index is 1050. The molecule has 6 heteroatoms. The van der Waals surface area contributed by atoms with Gasteiger partial charge in [0.1, 0.15) is 0 Å². The number of nitrogens with one attached hydrogen (secondary N) is 2. The number of hydrogen-bond acceptors (Lipinski definition) is 3. The van der Waals surface area contributed by atoms with Crippen LogP contribution in [0.1, 0.15) is 39.3 Å². The van der Waals surface area contributed by atoms with Crippen LogP contribution in [0.3, 0.4) is 0 Å². The average Bonchev–Trinajstić information content (AvgIpc) is 3.02. The third kappa shape index (κ3) is 5.23. The number of amides is 2. The van der Waals surface area contributed by atoms with Crippen molar-refractivity contribution in [1.29, 1.82) is 0 Å². The number of aromatic nitrogens is 1. The molecule has 0 radical (unpaired) electrons. The summed E-state index contributed by atoms with van der Waals surface area (Å²) in [6.07, 6.45) is 1.80. The highest BCUT2D eigenvalue weighted by molar-refractivity contribution is 5.94. The smallest absolute Gasteiger partial charge is 0.251 e. The molecule has 0 aliphatic carbocycles. The van der Waals surface area contributed by atoms with Crippen LogP contribution in [0.25, 0.3) is 5.69 Å². The Kier molecular flexibility index (Phi) is 6.80. The normalized spacial score (nSPS) is 10.9. The lowest BCUT2D eigenvalue weighted by atomic mass is 10.2. The van der Waals surface area contributed by atoms with Crippen LogP contribution >= 0.6 is 0 Å². The van der Waals surface area contributed by atoms with Crippen molar-refractivity contribution in [2.75, 3.05) is 6.54 Å². The van der Waals surface area contributed by atoms with Gasteiger partial charge in [-0.1, -0.05) is 35.9 Å². The summed E-state index contributed by atoms with van der Waals surface area (Å²) in [6.45, 7) is 6.37. The zero-order valence-electron chi connectivity index (χ0n) is 17.5. The van der Waals surface area contributed by atoms with Crippen LogP contribution < -0.4 is 10.7 Å². The van der Waals surface area contributed by atoms with E-state index in [2.05, 4.69) is 51.6 Å². The number of rotatable bonds is 7. The van der Waals surface area contributed by atoms with Gasteiger partial charge in [0.15, 0.2) is 0 Å². The monoisotopic (exact) mass is 402 g/mol. The molecule has 154 valence electrons. The van der Waals surface area contributed by atoms with Crippen LogP contribution in [-0.2, 0) is 4.79 Å². The zero-order chi connectivity index (χ0) is 21.5. The predicted molar refractivity (Wildman–Crippen MR) is 119 cm³/mol. The fraction of sp³-hybridized carbons (Fsp3) is 0.208. The first-order valence-electron chi connectivity index (χ1n) is 9.87. The van der Waals surface area contributed by atoms with Crippen molar-refractivity contribution >= 4 is 18.0 Å². The minimum Gasteiger partial charge on any atom is -0.352 e. The first-order chi connectivity index (χ1) is 14.5. The number of hydrogen-bond donors (Lipinski definition) is 2. The van der Waals surface area contributed by atoms with Gasteiger partial charge in [-0.05, 0) is 51.1 Å². The van der Waals surface area contributed by atoms with Crippen LogP contribution in [0.5, 0.6) is 0 Å². The van der Waals surface area contributed by atoms with Crippen LogP contribution in [0.2, 0.25) is 0 Å². The number of hydrazone groups is 1. The van der Waals surface area contributed by atoms with Crippen molar-refractivity contribution < 1.29 is 9.59 Å². The van der Waals surface area contributed by atoms with E-state index in [1.165, 1.54) is 5.56 Å².